The predicted octanol–water partition coefficient (Wildman–Crippen LogP) is 2.31. The Kier molecular flexibility index (Phi) is 6.18. The van der Waals surface area contributed by atoms with Gasteiger partial charge in [0.25, 0.3) is 0 Å². The minimum atomic E-state index is 0.0865. The summed E-state index contributed by atoms with van der Waals surface area (Å²) in [6, 6.07) is 0.572. The molecule has 0 aromatic carbocycles. The fourth-order valence-electron chi connectivity index (χ4n) is 1.70. The molecule has 0 unspecified atom stereocenters. The van der Waals surface area contributed by atoms with Crippen LogP contribution in [0.3, 0.4) is 0 Å². The molecule has 2 N–H and O–H groups in total. The van der Waals surface area contributed by atoms with Gasteiger partial charge in [-0.15, -0.1) is 5.10 Å². The van der Waals surface area contributed by atoms with Crippen molar-refractivity contribution in [3.63, 3.8) is 0 Å². The zero-order valence-electron chi connectivity index (χ0n) is 12.2. The highest BCUT2D eigenvalue weighted by atomic mass is 32.1. The van der Waals surface area contributed by atoms with Crippen LogP contribution in [0.25, 0.3) is 0 Å². The van der Waals surface area contributed by atoms with Gasteiger partial charge in [-0.05, 0) is 31.0 Å². The summed E-state index contributed by atoms with van der Waals surface area (Å²) in [6.45, 7) is 13.9. The Hall–Kier alpha value is -0.520. The molecule has 1 aromatic heterocycles. The molecule has 0 aliphatic carbocycles. The van der Waals surface area contributed by atoms with Crippen LogP contribution >= 0.6 is 11.5 Å². The molecule has 4 nitrogen and oxygen atoms in total. The maximum Gasteiger partial charge on any atom is 0.0854 e. The summed E-state index contributed by atoms with van der Waals surface area (Å²) >= 11 is 1.51. The predicted molar refractivity (Wildman–Crippen MR) is 78.1 cm³/mol. The van der Waals surface area contributed by atoms with Crippen LogP contribution < -0.4 is 10.6 Å². The Bertz CT molecular complexity index is 341. The minimum Gasteiger partial charge on any atom is -0.314 e. The van der Waals surface area contributed by atoms with E-state index in [2.05, 4.69) is 54.8 Å². The lowest BCUT2D eigenvalue weighted by Crippen LogP contribution is -2.27. The average molecular weight is 270 g/mol. The van der Waals surface area contributed by atoms with E-state index in [1.165, 1.54) is 16.4 Å². The molecule has 104 valence electrons. The number of rotatable bonds is 7. The van der Waals surface area contributed by atoms with Crippen LogP contribution in [0, 0.1) is 0 Å². The first-order chi connectivity index (χ1) is 8.41. The first-order valence-corrected chi connectivity index (χ1v) is 7.44. The standard InChI is InChI=1S/C13H26N4S/c1-10(2)15-8-6-7-14-9-11-12(13(3,4)5)16-17-18-11/h10,14-15H,6-9H2,1-5H3. The van der Waals surface area contributed by atoms with E-state index in [4.69, 9.17) is 0 Å². The molecular weight excluding hydrogens is 244 g/mol. The SMILES string of the molecule is CC(C)NCCCNCc1snnc1C(C)(C)C. The topological polar surface area (TPSA) is 49.8 Å². The lowest BCUT2D eigenvalue weighted by Gasteiger charge is -2.16. The summed E-state index contributed by atoms with van der Waals surface area (Å²) < 4.78 is 4.07. The normalized spacial score (nSPS) is 12.3. The van der Waals surface area contributed by atoms with E-state index in [0.29, 0.717) is 6.04 Å². The van der Waals surface area contributed by atoms with Crippen molar-refractivity contribution in [1.82, 2.24) is 20.2 Å². The summed E-state index contributed by atoms with van der Waals surface area (Å²) in [6.07, 6.45) is 1.15. The second kappa shape index (κ2) is 7.16. The number of hydrogen-bond donors (Lipinski definition) is 2. The van der Waals surface area contributed by atoms with Gasteiger partial charge in [0.1, 0.15) is 0 Å². The Balaban J connectivity index is 2.26. The molecule has 0 spiro atoms. The first-order valence-electron chi connectivity index (χ1n) is 6.67. The quantitative estimate of drug-likeness (QED) is 0.747. The molecule has 0 amide bonds. The number of aromatic nitrogens is 2. The Morgan fingerprint density at radius 1 is 1.22 bits per heavy atom. The second-order valence-electron chi connectivity index (χ2n) is 5.93. The Morgan fingerprint density at radius 2 is 1.94 bits per heavy atom. The first kappa shape index (κ1) is 15.5. The van der Waals surface area contributed by atoms with Crippen LogP contribution in [0.4, 0.5) is 0 Å². The van der Waals surface area contributed by atoms with Gasteiger partial charge in [-0.25, -0.2) is 0 Å². The van der Waals surface area contributed by atoms with E-state index in [-0.39, 0.29) is 5.41 Å². The van der Waals surface area contributed by atoms with Gasteiger partial charge in [0.05, 0.1) is 10.6 Å². The highest BCUT2D eigenvalue weighted by molar-refractivity contribution is 7.05. The number of nitrogens with one attached hydrogen (secondary N) is 2. The van der Waals surface area contributed by atoms with Crippen molar-refractivity contribution in [3.8, 4) is 0 Å². The molecule has 0 atom stereocenters. The van der Waals surface area contributed by atoms with E-state index in [9.17, 15) is 0 Å². The van der Waals surface area contributed by atoms with E-state index in [1.54, 1.807) is 0 Å². The molecule has 0 radical (unpaired) electrons. The van der Waals surface area contributed by atoms with E-state index >= 15 is 0 Å². The Morgan fingerprint density at radius 3 is 2.56 bits per heavy atom. The molecule has 5 heteroatoms. The molecule has 0 saturated carbocycles. The van der Waals surface area contributed by atoms with Gasteiger partial charge < -0.3 is 10.6 Å². The third-order valence-electron chi connectivity index (χ3n) is 2.63. The van der Waals surface area contributed by atoms with Crippen LogP contribution in [0.15, 0.2) is 0 Å². The molecule has 1 rings (SSSR count). The molecule has 18 heavy (non-hydrogen) atoms. The fraction of sp³-hybridized carbons (Fsp3) is 0.846. The van der Waals surface area contributed by atoms with Crippen molar-refractivity contribution in [2.45, 2.75) is 59.0 Å². The molecule has 0 aliphatic rings. The van der Waals surface area contributed by atoms with Crippen molar-refractivity contribution in [1.29, 1.82) is 0 Å². The third kappa shape index (κ3) is 5.42. The van der Waals surface area contributed by atoms with Crippen LogP contribution in [0.5, 0.6) is 0 Å². The van der Waals surface area contributed by atoms with Crippen molar-refractivity contribution in [3.05, 3.63) is 10.6 Å². The number of nitrogens with zero attached hydrogens (tertiary/aromatic N) is 2. The van der Waals surface area contributed by atoms with Gasteiger partial charge in [-0.2, -0.15) is 0 Å². The Labute approximate surface area is 115 Å². The van der Waals surface area contributed by atoms with Gasteiger partial charge in [-0.1, -0.05) is 39.1 Å². The number of hydrogen-bond acceptors (Lipinski definition) is 5. The summed E-state index contributed by atoms with van der Waals surface area (Å²) in [5, 5.41) is 11.1. The lowest BCUT2D eigenvalue weighted by molar-refractivity contribution is 0.537. The van der Waals surface area contributed by atoms with E-state index < -0.39 is 0 Å². The van der Waals surface area contributed by atoms with Crippen molar-refractivity contribution < 1.29 is 0 Å². The van der Waals surface area contributed by atoms with Crippen molar-refractivity contribution in [2.24, 2.45) is 0 Å². The molecule has 0 bridgehead atoms. The fourth-order valence-corrected chi connectivity index (χ4v) is 2.52. The average Bonchev–Trinajstić information content (AvgIpc) is 2.70. The van der Waals surface area contributed by atoms with Crippen molar-refractivity contribution >= 4 is 11.5 Å². The molecule has 1 aromatic rings. The smallest absolute Gasteiger partial charge is 0.0854 e. The highest BCUT2D eigenvalue weighted by Crippen LogP contribution is 2.25. The van der Waals surface area contributed by atoms with Crippen LogP contribution in [-0.4, -0.2) is 28.7 Å². The lowest BCUT2D eigenvalue weighted by atomic mass is 9.91. The van der Waals surface area contributed by atoms with E-state index in [0.717, 1.165) is 31.7 Å². The zero-order chi connectivity index (χ0) is 13.6. The van der Waals surface area contributed by atoms with E-state index in [1.807, 2.05) is 0 Å². The second-order valence-corrected chi connectivity index (χ2v) is 6.77. The monoisotopic (exact) mass is 270 g/mol. The maximum absolute atomic E-state index is 4.24. The highest BCUT2D eigenvalue weighted by Gasteiger charge is 2.21. The van der Waals surface area contributed by atoms with Crippen LogP contribution in [0.1, 0.15) is 51.6 Å². The third-order valence-corrected chi connectivity index (χ3v) is 3.36. The molecule has 0 saturated heterocycles. The van der Waals surface area contributed by atoms with Crippen LogP contribution in [0.2, 0.25) is 0 Å². The van der Waals surface area contributed by atoms with Gasteiger partial charge in [0.2, 0.25) is 0 Å². The van der Waals surface area contributed by atoms with Crippen LogP contribution in [-0.2, 0) is 12.0 Å². The summed E-state index contributed by atoms with van der Waals surface area (Å²) in [7, 11) is 0. The van der Waals surface area contributed by atoms with Gasteiger partial charge in [0, 0.05) is 18.0 Å². The van der Waals surface area contributed by atoms with Gasteiger partial charge in [-0.3, -0.25) is 0 Å². The maximum atomic E-state index is 4.24. The molecule has 1 heterocycles. The minimum absolute atomic E-state index is 0.0865. The molecular formula is C13H26N4S. The largest absolute Gasteiger partial charge is 0.314 e. The summed E-state index contributed by atoms with van der Waals surface area (Å²) in [5.74, 6) is 0. The van der Waals surface area contributed by atoms with Gasteiger partial charge >= 0.3 is 0 Å². The van der Waals surface area contributed by atoms with Crippen molar-refractivity contribution in [2.75, 3.05) is 13.1 Å². The molecule has 0 fully saturated rings. The summed E-state index contributed by atoms with van der Waals surface area (Å²) in [4.78, 5) is 1.26. The van der Waals surface area contributed by atoms with Gasteiger partial charge in [0.15, 0.2) is 0 Å². The zero-order valence-corrected chi connectivity index (χ0v) is 13.0. The molecule has 0 aliphatic heterocycles. The summed E-state index contributed by atoms with van der Waals surface area (Å²) in [5.41, 5.74) is 1.21.